The van der Waals surface area contributed by atoms with Crippen LogP contribution in [0.15, 0.2) is 30.3 Å². The lowest BCUT2D eigenvalue weighted by atomic mass is 10.0. The highest BCUT2D eigenvalue weighted by Gasteiger charge is 2.18. The molecule has 0 aliphatic carbocycles. The van der Waals surface area contributed by atoms with Crippen LogP contribution in [-0.2, 0) is 19.4 Å². The summed E-state index contributed by atoms with van der Waals surface area (Å²) in [4.78, 5) is 0. The minimum Gasteiger partial charge on any atom is -0.390 e. The molecule has 0 aliphatic rings. The van der Waals surface area contributed by atoms with Crippen molar-refractivity contribution in [1.29, 1.82) is 0 Å². The number of aliphatic hydroxyl groups excluding tert-OH is 1. The molecule has 0 fully saturated rings. The van der Waals surface area contributed by atoms with Crippen LogP contribution in [0.2, 0.25) is 0 Å². The van der Waals surface area contributed by atoms with E-state index in [0.717, 1.165) is 23.4 Å². The second-order valence-corrected chi connectivity index (χ2v) is 5.61. The Bertz CT molecular complexity index is 577. The molecule has 21 heavy (non-hydrogen) atoms. The first-order valence-electron chi connectivity index (χ1n) is 7.53. The maximum Gasteiger partial charge on any atom is 0.0889 e. The Kier molecular flexibility index (Phi) is 5.15. The second-order valence-electron chi connectivity index (χ2n) is 5.61. The van der Waals surface area contributed by atoms with Crippen LogP contribution in [0.25, 0.3) is 0 Å². The summed E-state index contributed by atoms with van der Waals surface area (Å²) >= 11 is 0. The molecule has 1 heterocycles. The van der Waals surface area contributed by atoms with Crippen molar-refractivity contribution in [3.63, 3.8) is 0 Å². The van der Waals surface area contributed by atoms with Gasteiger partial charge in [-0.3, -0.25) is 4.68 Å². The molecule has 2 rings (SSSR count). The number of aliphatic hydroxyl groups is 1. The van der Waals surface area contributed by atoms with Gasteiger partial charge in [-0.2, -0.15) is 5.10 Å². The van der Waals surface area contributed by atoms with Gasteiger partial charge in [0.05, 0.1) is 18.3 Å². The predicted octanol–water partition coefficient (Wildman–Crippen LogP) is 1.99. The topological polar surface area (TPSA) is 64.1 Å². The molecule has 0 spiro atoms. The molecule has 4 heteroatoms. The van der Waals surface area contributed by atoms with Crippen molar-refractivity contribution in [2.24, 2.45) is 5.73 Å². The Balaban J connectivity index is 2.02. The van der Waals surface area contributed by atoms with Crippen molar-refractivity contribution >= 4 is 0 Å². The number of nitrogens with zero attached hydrogens (tertiary/aromatic N) is 2. The molecule has 2 atom stereocenters. The van der Waals surface area contributed by atoms with E-state index < -0.39 is 6.10 Å². The van der Waals surface area contributed by atoms with E-state index in [0.29, 0.717) is 13.0 Å². The van der Waals surface area contributed by atoms with E-state index >= 15 is 0 Å². The summed E-state index contributed by atoms with van der Waals surface area (Å²) in [5.74, 6) is 0. The lowest BCUT2D eigenvalue weighted by Gasteiger charge is -2.19. The molecule has 0 amide bonds. The lowest BCUT2D eigenvalue weighted by Crippen LogP contribution is -2.39. The van der Waals surface area contributed by atoms with Gasteiger partial charge in [0.1, 0.15) is 0 Å². The van der Waals surface area contributed by atoms with Gasteiger partial charge in [-0.25, -0.2) is 0 Å². The minimum absolute atomic E-state index is 0.290. The Morgan fingerprint density at radius 2 is 1.90 bits per heavy atom. The Morgan fingerprint density at radius 3 is 2.48 bits per heavy atom. The molecule has 0 saturated carbocycles. The molecule has 1 aromatic carbocycles. The van der Waals surface area contributed by atoms with Gasteiger partial charge in [-0.1, -0.05) is 37.3 Å². The zero-order valence-electron chi connectivity index (χ0n) is 13.1. The summed E-state index contributed by atoms with van der Waals surface area (Å²) in [6.45, 7) is 6.63. The first-order chi connectivity index (χ1) is 10.0. The Hall–Kier alpha value is -1.65. The molecule has 4 nitrogen and oxygen atoms in total. The smallest absolute Gasteiger partial charge is 0.0889 e. The van der Waals surface area contributed by atoms with Crippen LogP contribution in [0, 0.1) is 13.8 Å². The highest BCUT2D eigenvalue weighted by atomic mass is 16.3. The molecule has 2 unspecified atom stereocenters. The zero-order chi connectivity index (χ0) is 15.4. The summed E-state index contributed by atoms with van der Waals surface area (Å²) in [6, 6.07) is 9.73. The molecular weight excluding hydrogens is 262 g/mol. The Morgan fingerprint density at radius 1 is 1.24 bits per heavy atom. The van der Waals surface area contributed by atoms with E-state index in [9.17, 15) is 5.11 Å². The van der Waals surface area contributed by atoms with Crippen molar-refractivity contribution in [2.45, 2.75) is 52.3 Å². The number of hydrogen-bond donors (Lipinski definition) is 2. The summed E-state index contributed by atoms with van der Waals surface area (Å²) in [5.41, 5.74) is 10.7. The van der Waals surface area contributed by atoms with Crippen LogP contribution in [0.3, 0.4) is 0 Å². The molecule has 0 bridgehead atoms. The van der Waals surface area contributed by atoms with Gasteiger partial charge in [0.2, 0.25) is 0 Å². The molecule has 0 aliphatic heterocycles. The number of aromatic nitrogens is 2. The van der Waals surface area contributed by atoms with E-state index in [1.807, 2.05) is 48.9 Å². The monoisotopic (exact) mass is 287 g/mol. The first kappa shape index (κ1) is 15.7. The first-order valence-corrected chi connectivity index (χ1v) is 7.53. The maximum atomic E-state index is 10.3. The molecule has 1 aromatic heterocycles. The van der Waals surface area contributed by atoms with Crippen molar-refractivity contribution in [3.05, 3.63) is 52.8 Å². The summed E-state index contributed by atoms with van der Waals surface area (Å²) in [7, 11) is 0. The fourth-order valence-corrected chi connectivity index (χ4v) is 2.76. The van der Waals surface area contributed by atoms with Gasteiger partial charge in [-0.15, -0.1) is 0 Å². The second kappa shape index (κ2) is 6.87. The number of benzene rings is 1. The average Bonchev–Trinajstić information content (AvgIpc) is 2.73. The van der Waals surface area contributed by atoms with E-state index in [1.54, 1.807) is 0 Å². The van der Waals surface area contributed by atoms with E-state index in [2.05, 4.69) is 12.0 Å². The minimum atomic E-state index is -0.604. The van der Waals surface area contributed by atoms with Gasteiger partial charge in [0.25, 0.3) is 0 Å². The highest BCUT2D eigenvalue weighted by molar-refractivity contribution is 5.24. The predicted molar refractivity (Wildman–Crippen MR) is 85.2 cm³/mol. The van der Waals surface area contributed by atoms with Crippen LogP contribution in [0.1, 0.15) is 29.4 Å². The summed E-state index contributed by atoms with van der Waals surface area (Å²) in [6.07, 6.45) is 1.03. The largest absolute Gasteiger partial charge is 0.390 e. The van der Waals surface area contributed by atoms with Gasteiger partial charge in [0, 0.05) is 11.7 Å². The van der Waals surface area contributed by atoms with Crippen LogP contribution in [0.5, 0.6) is 0 Å². The van der Waals surface area contributed by atoms with Crippen molar-refractivity contribution in [1.82, 2.24) is 9.78 Å². The van der Waals surface area contributed by atoms with Gasteiger partial charge < -0.3 is 10.8 Å². The van der Waals surface area contributed by atoms with Gasteiger partial charge in [0.15, 0.2) is 0 Å². The number of nitrogens with two attached hydrogens (primary N) is 1. The number of rotatable bonds is 6. The van der Waals surface area contributed by atoms with E-state index in [1.165, 1.54) is 5.56 Å². The van der Waals surface area contributed by atoms with Gasteiger partial charge in [-0.05, 0) is 37.8 Å². The normalized spacial score (nSPS) is 14.1. The molecule has 0 saturated heterocycles. The average molecular weight is 287 g/mol. The fourth-order valence-electron chi connectivity index (χ4n) is 2.76. The van der Waals surface area contributed by atoms with Crippen LogP contribution < -0.4 is 5.73 Å². The molecule has 114 valence electrons. The molecule has 0 radical (unpaired) electrons. The SMILES string of the molecule is CCc1c(C)nn(CC(O)C(N)Cc2ccccc2)c1C. The van der Waals surface area contributed by atoms with E-state index in [4.69, 9.17) is 5.73 Å². The number of aryl methyl sites for hydroxylation is 1. The number of hydrogen-bond acceptors (Lipinski definition) is 3. The molecular formula is C17H25N3O. The van der Waals surface area contributed by atoms with Crippen LogP contribution >= 0.6 is 0 Å². The van der Waals surface area contributed by atoms with E-state index in [-0.39, 0.29) is 6.04 Å². The summed E-state index contributed by atoms with van der Waals surface area (Å²) < 4.78 is 1.88. The standard InChI is InChI=1S/C17H25N3O/c1-4-15-12(2)19-20(13(15)3)11-17(21)16(18)10-14-8-6-5-7-9-14/h5-9,16-17,21H,4,10-11,18H2,1-3H3. The molecule has 3 N–H and O–H groups in total. The third-order valence-electron chi connectivity index (χ3n) is 4.05. The molecule has 2 aromatic rings. The highest BCUT2D eigenvalue weighted by Crippen LogP contribution is 2.15. The van der Waals surface area contributed by atoms with Crippen molar-refractivity contribution < 1.29 is 5.11 Å². The maximum absolute atomic E-state index is 10.3. The summed E-state index contributed by atoms with van der Waals surface area (Å²) in [5, 5.41) is 14.9. The lowest BCUT2D eigenvalue weighted by molar-refractivity contribution is 0.120. The zero-order valence-corrected chi connectivity index (χ0v) is 13.1. The fraction of sp³-hybridized carbons (Fsp3) is 0.471. The van der Waals surface area contributed by atoms with Crippen molar-refractivity contribution in [2.75, 3.05) is 0 Å². The van der Waals surface area contributed by atoms with Gasteiger partial charge >= 0.3 is 0 Å². The third-order valence-corrected chi connectivity index (χ3v) is 4.05. The van der Waals surface area contributed by atoms with Crippen LogP contribution in [0.4, 0.5) is 0 Å². The quantitative estimate of drug-likeness (QED) is 0.854. The van der Waals surface area contributed by atoms with Crippen LogP contribution in [-0.4, -0.2) is 27.0 Å². The van der Waals surface area contributed by atoms with Crippen molar-refractivity contribution in [3.8, 4) is 0 Å². The Labute approximate surface area is 126 Å². The third kappa shape index (κ3) is 3.71.